The summed E-state index contributed by atoms with van der Waals surface area (Å²) in [7, 11) is 0. The highest BCUT2D eigenvalue weighted by molar-refractivity contribution is 9.11. The summed E-state index contributed by atoms with van der Waals surface area (Å²) in [6.45, 7) is 0. The molecular formula is C29H22Br2N2O. The van der Waals surface area contributed by atoms with Crippen LogP contribution in [-0.2, 0) is 0 Å². The van der Waals surface area contributed by atoms with E-state index in [9.17, 15) is 5.11 Å². The average Bonchev–Trinajstić information content (AvgIpc) is 3.29. The van der Waals surface area contributed by atoms with E-state index in [-0.39, 0.29) is 17.8 Å². The zero-order valence-electron chi connectivity index (χ0n) is 18.2. The van der Waals surface area contributed by atoms with Gasteiger partial charge in [-0.05, 0) is 50.0 Å². The van der Waals surface area contributed by atoms with Gasteiger partial charge in [0.2, 0.25) is 0 Å². The summed E-state index contributed by atoms with van der Waals surface area (Å²) < 4.78 is 3.74. The summed E-state index contributed by atoms with van der Waals surface area (Å²) in [5.41, 5.74) is 2.90. The number of fused-ring (bicyclic) bond motifs is 1. The van der Waals surface area contributed by atoms with Gasteiger partial charge in [0.1, 0.15) is 5.75 Å². The Morgan fingerprint density at radius 2 is 1.29 bits per heavy atom. The van der Waals surface area contributed by atoms with E-state index in [1.165, 1.54) is 10.8 Å². The highest BCUT2D eigenvalue weighted by Gasteiger charge is 2.26. The van der Waals surface area contributed by atoms with Gasteiger partial charge >= 0.3 is 0 Å². The van der Waals surface area contributed by atoms with Crippen molar-refractivity contribution in [3.8, 4) is 5.75 Å². The Kier molecular flexibility index (Phi) is 6.66. The monoisotopic (exact) mass is 572 g/mol. The van der Waals surface area contributed by atoms with Crippen LogP contribution in [0.4, 0.5) is 0 Å². The summed E-state index contributed by atoms with van der Waals surface area (Å²) in [5.74, 6) is 0.168. The Morgan fingerprint density at radius 3 is 1.91 bits per heavy atom. The molecule has 34 heavy (non-hydrogen) atoms. The molecule has 0 saturated carbocycles. The van der Waals surface area contributed by atoms with Crippen LogP contribution in [0.25, 0.3) is 10.8 Å². The van der Waals surface area contributed by atoms with Crippen molar-refractivity contribution in [3.63, 3.8) is 0 Å². The van der Waals surface area contributed by atoms with Crippen molar-refractivity contribution in [2.24, 2.45) is 4.99 Å². The number of rotatable bonds is 6. The Bertz CT molecular complexity index is 1410. The van der Waals surface area contributed by atoms with Crippen LogP contribution in [0.5, 0.6) is 5.75 Å². The van der Waals surface area contributed by atoms with Crippen molar-refractivity contribution in [2.45, 2.75) is 12.1 Å². The van der Waals surface area contributed by atoms with Gasteiger partial charge in [-0.15, -0.1) is 0 Å². The van der Waals surface area contributed by atoms with Crippen molar-refractivity contribution >= 4 is 48.8 Å². The van der Waals surface area contributed by atoms with E-state index in [1.807, 2.05) is 36.4 Å². The van der Waals surface area contributed by atoms with Crippen LogP contribution in [0.2, 0.25) is 0 Å². The zero-order valence-corrected chi connectivity index (χ0v) is 21.4. The molecule has 4 aromatic carbocycles. The molecule has 0 aliphatic rings. The van der Waals surface area contributed by atoms with E-state index in [2.05, 4.69) is 109 Å². The number of hydrogen-bond donors (Lipinski definition) is 1. The fourth-order valence-corrected chi connectivity index (χ4v) is 5.54. The molecule has 3 nitrogen and oxygen atoms in total. The van der Waals surface area contributed by atoms with Gasteiger partial charge in [0.25, 0.3) is 0 Å². The van der Waals surface area contributed by atoms with Gasteiger partial charge in [-0.1, -0.05) is 101 Å². The first-order valence-corrected chi connectivity index (χ1v) is 12.6. The van der Waals surface area contributed by atoms with Crippen molar-refractivity contribution in [1.29, 1.82) is 0 Å². The molecule has 5 aromatic rings. The van der Waals surface area contributed by atoms with Crippen LogP contribution < -0.4 is 0 Å². The van der Waals surface area contributed by atoms with E-state index in [0.717, 1.165) is 15.6 Å². The number of phenols is 1. The Morgan fingerprint density at radius 1 is 0.735 bits per heavy atom. The first kappa shape index (κ1) is 22.6. The molecule has 2 atom stereocenters. The van der Waals surface area contributed by atoms with Crippen LogP contribution in [0.1, 0.15) is 28.8 Å². The summed E-state index contributed by atoms with van der Waals surface area (Å²) >= 11 is 6.94. The largest absolute Gasteiger partial charge is 0.506 e. The molecule has 5 rings (SSSR count). The minimum atomic E-state index is -0.220. The summed E-state index contributed by atoms with van der Waals surface area (Å²) in [5, 5.41) is 13.0. The van der Waals surface area contributed by atoms with Crippen molar-refractivity contribution < 1.29 is 5.11 Å². The predicted octanol–water partition coefficient (Wildman–Crippen LogP) is 8.32. The first-order valence-electron chi connectivity index (χ1n) is 11.0. The van der Waals surface area contributed by atoms with Gasteiger partial charge in [0, 0.05) is 28.6 Å². The van der Waals surface area contributed by atoms with Crippen molar-refractivity contribution in [3.05, 3.63) is 135 Å². The lowest BCUT2D eigenvalue weighted by Gasteiger charge is -2.27. The molecular weight excluding hydrogens is 552 g/mol. The molecule has 0 spiro atoms. The van der Waals surface area contributed by atoms with Crippen molar-refractivity contribution in [1.82, 2.24) is 4.57 Å². The average molecular weight is 574 g/mol. The number of halogens is 2. The fourth-order valence-electron chi connectivity index (χ4n) is 4.28. The van der Waals surface area contributed by atoms with Gasteiger partial charge in [0.05, 0.1) is 16.6 Å². The minimum Gasteiger partial charge on any atom is -0.506 e. The van der Waals surface area contributed by atoms with Crippen LogP contribution in [0.3, 0.4) is 0 Å². The van der Waals surface area contributed by atoms with Crippen LogP contribution in [-0.4, -0.2) is 15.9 Å². The quantitative estimate of drug-likeness (QED) is 0.204. The van der Waals surface area contributed by atoms with Crippen molar-refractivity contribution in [2.75, 3.05) is 0 Å². The predicted molar refractivity (Wildman–Crippen MR) is 147 cm³/mol. The highest BCUT2D eigenvalue weighted by atomic mass is 79.9. The Labute approximate surface area is 215 Å². The molecule has 0 amide bonds. The molecule has 0 aliphatic heterocycles. The molecule has 1 heterocycles. The molecule has 5 heteroatoms. The summed E-state index contributed by atoms with van der Waals surface area (Å²) in [6, 6.07) is 32.5. The third-order valence-corrected chi connectivity index (χ3v) is 6.97. The van der Waals surface area contributed by atoms with E-state index in [4.69, 9.17) is 4.99 Å². The number of benzene rings is 4. The first-order chi connectivity index (χ1) is 16.6. The summed E-state index contributed by atoms with van der Waals surface area (Å²) in [4.78, 5) is 5.08. The maximum Gasteiger partial charge on any atom is 0.138 e. The van der Waals surface area contributed by atoms with Crippen LogP contribution >= 0.6 is 31.9 Å². The second-order valence-corrected chi connectivity index (χ2v) is 9.92. The Hall–Kier alpha value is -3.15. The maximum atomic E-state index is 10.6. The Balaban J connectivity index is 1.68. The van der Waals surface area contributed by atoms with Gasteiger partial charge in [0.15, 0.2) is 0 Å². The fraction of sp³-hybridized carbons (Fsp3) is 0.0690. The summed E-state index contributed by atoms with van der Waals surface area (Å²) in [6.07, 6.45) is 6.14. The topological polar surface area (TPSA) is 37.5 Å². The third-order valence-electron chi connectivity index (χ3n) is 5.91. The van der Waals surface area contributed by atoms with E-state index in [1.54, 1.807) is 6.21 Å². The highest BCUT2D eigenvalue weighted by Crippen LogP contribution is 2.38. The normalized spacial score (nSPS) is 13.4. The van der Waals surface area contributed by atoms with Gasteiger partial charge < -0.3 is 9.67 Å². The molecule has 1 aromatic heterocycles. The number of phenolic OH excluding ortho intramolecular Hbond substituents is 1. The molecule has 1 N–H and O–H groups in total. The molecule has 0 saturated heterocycles. The van der Waals surface area contributed by atoms with E-state index >= 15 is 0 Å². The third kappa shape index (κ3) is 4.72. The smallest absolute Gasteiger partial charge is 0.138 e. The molecule has 0 fully saturated rings. The molecule has 0 radical (unpaired) electrons. The van der Waals surface area contributed by atoms with E-state index in [0.29, 0.717) is 10.0 Å². The van der Waals surface area contributed by atoms with Gasteiger partial charge in [-0.3, -0.25) is 4.99 Å². The molecule has 0 aliphatic carbocycles. The standard InChI is InChI=1S/C29H22Br2N2O/c30-25-15-24(29(34)26(31)16-25)17-32-27(20-9-3-1-4-10-20)28(21-11-5-2-6-12-21)33-18-22-13-7-8-14-23(22)19-33/h1-19,27-28,34H/b32-17+/t27-,28-/m1/s1. The minimum absolute atomic E-state index is 0.0787. The lowest BCUT2D eigenvalue weighted by molar-refractivity contribution is 0.470. The van der Waals surface area contributed by atoms with Gasteiger partial charge in [-0.2, -0.15) is 0 Å². The van der Waals surface area contributed by atoms with Crippen LogP contribution in [0, 0.1) is 0 Å². The van der Waals surface area contributed by atoms with E-state index < -0.39 is 0 Å². The number of aliphatic imine (C=N–C) groups is 1. The molecule has 168 valence electrons. The number of aromatic hydroxyl groups is 1. The maximum absolute atomic E-state index is 10.6. The SMILES string of the molecule is Oc1c(Br)cc(Br)cc1/C=N/[C@H](c1ccccc1)[C@@H](c1ccccc1)n1cc2ccccc2c1. The van der Waals surface area contributed by atoms with Gasteiger partial charge in [-0.25, -0.2) is 0 Å². The second kappa shape index (κ2) is 10.00. The second-order valence-electron chi connectivity index (χ2n) is 8.15. The number of hydrogen-bond acceptors (Lipinski definition) is 2. The lowest BCUT2D eigenvalue weighted by Crippen LogP contribution is -2.17. The molecule has 0 unspecified atom stereocenters. The zero-order chi connectivity index (χ0) is 23.5. The lowest BCUT2D eigenvalue weighted by atomic mass is 9.93. The number of nitrogens with zero attached hydrogens (tertiary/aromatic N) is 2. The number of aromatic nitrogens is 1. The molecule has 0 bridgehead atoms. The van der Waals surface area contributed by atoms with Crippen LogP contribution in [0.15, 0.2) is 123 Å².